The Morgan fingerprint density at radius 3 is 1.00 bits per heavy atom. The van der Waals surface area contributed by atoms with Crippen LogP contribution in [0.25, 0.3) is 0 Å². The van der Waals surface area contributed by atoms with Crippen molar-refractivity contribution in [3.63, 3.8) is 0 Å². The van der Waals surface area contributed by atoms with Crippen LogP contribution in [0.3, 0.4) is 0 Å². The van der Waals surface area contributed by atoms with Crippen LogP contribution in [0.5, 0.6) is 0 Å². The second-order valence-corrected chi connectivity index (χ2v) is 0. The summed E-state index contributed by atoms with van der Waals surface area (Å²) in [4.78, 5) is 0. The molecule has 4 heteroatoms. The first-order valence-electron chi connectivity index (χ1n) is 0.169. The normalized spacial score (nSPS) is 1.50. The molecule has 0 bridgehead atoms. The summed E-state index contributed by atoms with van der Waals surface area (Å²) >= 11 is 3.64. The maximum absolute atomic E-state index is 6.47. The molecule has 0 atom stereocenters. The van der Waals surface area contributed by atoms with Gasteiger partial charge in [-0.3, -0.25) is 4.66 Å². The number of rotatable bonds is 0. The fourth-order valence-corrected chi connectivity index (χ4v) is 0. The summed E-state index contributed by atoms with van der Waals surface area (Å²) < 4.78 is 6.47. The van der Waals surface area contributed by atoms with Crippen LogP contribution in [-0.2, 0) is 0 Å². The van der Waals surface area contributed by atoms with E-state index in [4.69, 9.17) is 4.66 Å². The second-order valence-electron chi connectivity index (χ2n) is 0. The van der Waals surface area contributed by atoms with Crippen molar-refractivity contribution in [2.24, 2.45) is 0 Å². The Bertz CT molecular complexity index is 6.00. The van der Waals surface area contributed by atoms with E-state index in [2.05, 4.69) is 11.9 Å². The molecule has 0 unspecified atom stereocenters. The molecule has 1 N–H and O–H groups in total. The van der Waals surface area contributed by atoms with Gasteiger partial charge in [-0.05, 0) is 0 Å². The van der Waals surface area contributed by atoms with Crippen LogP contribution in [0, 0.1) is 0 Å². The van der Waals surface area contributed by atoms with Crippen LogP contribution < -0.4 is 0 Å². The predicted octanol–water partition coefficient (Wildman–Crippen LogP) is -1.16. The molecule has 0 fully saturated rings. The molecule has 0 saturated carbocycles. The summed E-state index contributed by atoms with van der Waals surface area (Å²) in [5.74, 6) is 0. The Morgan fingerprint density at radius 1 is 1.00 bits per heavy atom. The van der Waals surface area contributed by atoms with E-state index >= 15 is 0 Å². The summed E-state index contributed by atoms with van der Waals surface area (Å²) in [7, 11) is 0. The van der Waals surface area contributed by atoms with Gasteiger partial charge in [0.05, 0.1) is 11.9 Å². The summed E-state index contributed by atoms with van der Waals surface area (Å²) in [6.45, 7) is 0. The molecule has 0 heterocycles. The van der Waals surface area contributed by atoms with Crippen LogP contribution in [0.4, 0.5) is 0 Å². The van der Waals surface area contributed by atoms with Crippen LogP contribution in [0.15, 0.2) is 0 Å². The molecule has 0 aliphatic heterocycles. The Balaban J connectivity index is -0.00000000500. The summed E-state index contributed by atoms with van der Waals surface area (Å²) in [5, 5.41) is 0. The van der Waals surface area contributed by atoms with Crippen molar-refractivity contribution in [3.8, 4) is 0 Å². The first kappa shape index (κ1) is 16.3. The second kappa shape index (κ2) is 18.7. The Morgan fingerprint density at radius 2 is 1.00 bits per heavy atom. The third kappa shape index (κ3) is 8.87. The topological polar surface area (TPSA) is 20.2 Å². The molecule has 0 aliphatic rings. The Hall–Kier alpha value is 2.25. The third-order valence-electron chi connectivity index (χ3n) is 0. The van der Waals surface area contributed by atoms with Gasteiger partial charge in [-0.25, -0.2) is 0 Å². The van der Waals surface area contributed by atoms with Crippen LogP contribution in [0.1, 0.15) is 0 Å². The predicted molar refractivity (Wildman–Crippen MR) is 22.4 cm³/mol. The van der Waals surface area contributed by atoms with Crippen molar-refractivity contribution < 1.29 is 4.66 Å². The van der Waals surface area contributed by atoms with Gasteiger partial charge in [0.15, 0.2) is 0 Å². The van der Waals surface area contributed by atoms with Gasteiger partial charge in [-0.1, -0.05) is 0 Å². The molecule has 0 radical (unpaired) electrons. The molecule has 0 aromatic carbocycles. The van der Waals surface area contributed by atoms with Crippen LogP contribution in [-0.4, -0.2) is 63.8 Å². The molecule has 18 valence electrons. The van der Waals surface area contributed by atoms with Crippen molar-refractivity contribution >= 4 is 71.0 Å². The summed E-state index contributed by atoms with van der Waals surface area (Å²) in [5.41, 5.74) is 0. The molecular formula is H3ClNa2O. The number of hydrogen-bond donors (Lipinski definition) is 1. The van der Waals surface area contributed by atoms with E-state index in [1.54, 1.807) is 0 Å². The molecule has 0 aliphatic carbocycles. The molecule has 0 aromatic heterocycles. The van der Waals surface area contributed by atoms with Crippen molar-refractivity contribution in [2.75, 3.05) is 0 Å². The number of hydrogen-bond acceptors (Lipinski definition) is 1. The van der Waals surface area contributed by atoms with E-state index in [0.29, 0.717) is 0 Å². The van der Waals surface area contributed by atoms with E-state index in [0.717, 1.165) is 0 Å². The van der Waals surface area contributed by atoms with Gasteiger partial charge < -0.3 is 0 Å². The van der Waals surface area contributed by atoms with E-state index in [1.807, 2.05) is 0 Å². The van der Waals surface area contributed by atoms with Crippen molar-refractivity contribution in [2.45, 2.75) is 0 Å². The van der Waals surface area contributed by atoms with Gasteiger partial charge in [-0.2, -0.15) is 0 Å². The van der Waals surface area contributed by atoms with Crippen LogP contribution in [0.2, 0.25) is 0 Å². The van der Waals surface area contributed by atoms with Gasteiger partial charge >= 0.3 is 59.1 Å². The van der Waals surface area contributed by atoms with Gasteiger partial charge in [0.25, 0.3) is 0 Å². The first-order chi connectivity index (χ1) is 1.00. The zero-order valence-electron chi connectivity index (χ0n) is 0.825. The Labute approximate surface area is 74.5 Å². The zero-order chi connectivity index (χ0) is 2.00. The summed E-state index contributed by atoms with van der Waals surface area (Å²) in [6, 6.07) is 0. The molecule has 1 nitrogen and oxygen atoms in total. The monoisotopic (exact) mass is 100.0 g/mol. The fourth-order valence-electron chi connectivity index (χ4n) is 0. The molecule has 0 aromatic rings. The molecule has 4 heavy (non-hydrogen) atoms. The zero-order valence-corrected chi connectivity index (χ0v) is 1.58. The minimum atomic E-state index is 0. The van der Waals surface area contributed by atoms with Gasteiger partial charge in [0, 0.05) is 0 Å². The van der Waals surface area contributed by atoms with E-state index in [-0.39, 0.29) is 59.1 Å². The Kier molecular flexibility index (Phi) is 76.4. The van der Waals surface area contributed by atoms with E-state index < -0.39 is 0 Å². The van der Waals surface area contributed by atoms with Gasteiger partial charge in [0.2, 0.25) is 0 Å². The fraction of sp³-hybridized carbons (Fsp3) is 0. The quantitative estimate of drug-likeness (QED) is 0.381. The van der Waals surface area contributed by atoms with Crippen molar-refractivity contribution in [1.82, 2.24) is 0 Å². The van der Waals surface area contributed by atoms with E-state index in [9.17, 15) is 0 Å². The molecular weight excluding hydrogens is 97.4 g/mol. The molecule has 0 amide bonds. The summed E-state index contributed by atoms with van der Waals surface area (Å²) in [6.07, 6.45) is 0. The molecule has 0 rings (SSSR count). The van der Waals surface area contributed by atoms with Crippen molar-refractivity contribution in [1.29, 1.82) is 0 Å². The standard InChI is InChI=1S/ClHO.2Na.2H/c1-2;;;;/h2H;;;;. The average Bonchev–Trinajstić information content (AvgIpc) is 1.00. The van der Waals surface area contributed by atoms with E-state index in [1.165, 1.54) is 0 Å². The van der Waals surface area contributed by atoms with Crippen LogP contribution >= 0.6 is 11.9 Å². The SMILES string of the molecule is OCl.[NaH].[NaH]. The number of halogens is 1. The molecule has 0 spiro atoms. The molecule has 0 saturated heterocycles. The third-order valence-corrected chi connectivity index (χ3v) is 0. The maximum atomic E-state index is 6.47. The van der Waals surface area contributed by atoms with Crippen molar-refractivity contribution in [3.05, 3.63) is 0 Å². The first-order valence-corrected chi connectivity index (χ1v) is 0.507. The minimum absolute atomic E-state index is 0. The van der Waals surface area contributed by atoms with Gasteiger partial charge in [-0.15, -0.1) is 0 Å². The average molecular weight is 100 g/mol. The van der Waals surface area contributed by atoms with Gasteiger partial charge in [0.1, 0.15) is 0 Å².